The van der Waals surface area contributed by atoms with Gasteiger partial charge in [-0.1, -0.05) is 29.8 Å². The first-order valence-corrected chi connectivity index (χ1v) is 8.48. The predicted octanol–water partition coefficient (Wildman–Crippen LogP) is 4.32. The molecule has 0 atom stereocenters. The summed E-state index contributed by atoms with van der Waals surface area (Å²) in [6, 6.07) is 14.3. The van der Waals surface area contributed by atoms with Crippen LogP contribution in [-0.4, -0.2) is 24.5 Å². The van der Waals surface area contributed by atoms with Gasteiger partial charge in [0.2, 0.25) is 5.95 Å². The molecule has 0 radical (unpaired) electrons. The van der Waals surface area contributed by atoms with Crippen LogP contribution in [0.2, 0.25) is 0 Å². The van der Waals surface area contributed by atoms with Gasteiger partial charge >= 0.3 is 0 Å². The highest BCUT2D eigenvalue weighted by Crippen LogP contribution is 2.21. The van der Waals surface area contributed by atoms with Crippen LogP contribution in [0.1, 0.15) is 17.0 Å². The van der Waals surface area contributed by atoms with Gasteiger partial charge in [0.25, 0.3) is 0 Å². The molecule has 5 heteroatoms. The Labute approximate surface area is 152 Å². The summed E-state index contributed by atoms with van der Waals surface area (Å²) < 4.78 is 1.85. The molecule has 0 fully saturated rings. The topological polar surface area (TPSA) is 56.5 Å². The van der Waals surface area contributed by atoms with Crippen molar-refractivity contribution in [1.82, 2.24) is 24.5 Å². The Balaban J connectivity index is 1.72. The van der Waals surface area contributed by atoms with Crippen molar-refractivity contribution in [3.05, 3.63) is 78.1 Å². The Morgan fingerprint density at radius 2 is 1.50 bits per heavy atom. The zero-order valence-corrected chi connectivity index (χ0v) is 15.0. The molecule has 4 rings (SSSR count). The van der Waals surface area contributed by atoms with Gasteiger partial charge in [-0.05, 0) is 39.0 Å². The number of nitrogens with zero attached hydrogens (tertiary/aromatic N) is 5. The fourth-order valence-corrected chi connectivity index (χ4v) is 2.74. The maximum absolute atomic E-state index is 4.72. The SMILES string of the molecule is Cc1ccc(-c2cc(C)nc(-n3cnc(-c4ccc(C)nc4)c3)n2)cc1. The van der Waals surface area contributed by atoms with Crippen molar-refractivity contribution in [3.8, 4) is 28.5 Å². The predicted molar refractivity (Wildman–Crippen MR) is 102 cm³/mol. The molecule has 4 aromatic rings. The molecule has 0 N–H and O–H groups in total. The summed E-state index contributed by atoms with van der Waals surface area (Å²) in [5.74, 6) is 0.611. The van der Waals surface area contributed by atoms with Crippen molar-refractivity contribution in [3.63, 3.8) is 0 Å². The molecule has 0 spiro atoms. The third-order valence-corrected chi connectivity index (χ3v) is 4.21. The summed E-state index contributed by atoms with van der Waals surface area (Å²) in [6.45, 7) is 6.02. The Kier molecular flexibility index (Phi) is 4.05. The van der Waals surface area contributed by atoms with Gasteiger partial charge in [0.05, 0.1) is 11.4 Å². The van der Waals surface area contributed by atoms with Gasteiger partial charge in [-0.3, -0.25) is 9.55 Å². The smallest absolute Gasteiger partial charge is 0.235 e. The lowest BCUT2D eigenvalue weighted by Crippen LogP contribution is -2.01. The van der Waals surface area contributed by atoms with Gasteiger partial charge in [0, 0.05) is 34.9 Å². The quantitative estimate of drug-likeness (QED) is 0.557. The second-order valence-electron chi connectivity index (χ2n) is 6.42. The molecular weight excluding hydrogens is 322 g/mol. The van der Waals surface area contributed by atoms with Crippen molar-refractivity contribution < 1.29 is 0 Å². The van der Waals surface area contributed by atoms with E-state index in [1.807, 2.05) is 49.0 Å². The van der Waals surface area contributed by atoms with Crippen molar-refractivity contribution in [1.29, 1.82) is 0 Å². The molecule has 0 unspecified atom stereocenters. The second-order valence-corrected chi connectivity index (χ2v) is 6.42. The molecule has 3 aromatic heterocycles. The zero-order valence-electron chi connectivity index (χ0n) is 15.0. The van der Waals surface area contributed by atoms with E-state index < -0.39 is 0 Å². The summed E-state index contributed by atoms with van der Waals surface area (Å²) in [4.78, 5) is 18.1. The van der Waals surface area contributed by atoms with Gasteiger partial charge in [0.1, 0.15) is 6.33 Å². The van der Waals surface area contributed by atoms with Crippen LogP contribution in [0.4, 0.5) is 0 Å². The Bertz CT molecular complexity index is 1050. The summed E-state index contributed by atoms with van der Waals surface area (Å²) in [5.41, 5.74) is 6.92. The number of aromatic nitrogens is 5. The molecule has 0 saturated carbocycles. The van der Waals surface area contributed by atoms with E-state index in [1.54, 1.807) is 6.33 Å². The maximum atomic E-state index is 4.72. The van der Waals surface area contributed by atoms with Crippen molar-refractivity contribution in [2.75, 3.05) is 0 Å². The number of pyridine rings is 1. The monoisotopic (exact) mass is 341 g/mol. The van der Waals surface area contributed by atoms with E-state index >= 15 is 0 Å². The molecule has 5 nitrogen and oxygen atoms in total. The molecule has 0 aliphatic rings. The molecule has 128 valence electrons. The van der Waals surface area contributed by atoms with Crippen LogP contribution < -0.4 is 0 Å². The molecule has 0 saturated heterocycles. The van der Waals surface area contributed by atoms with E-state index in [0.717, 1.165) is 33.9 Å². The fourth-order valence-electron chi connectivity index (χ4n) is 2.74. The Morgan fingerprint density at radius 3 is 2.23 bits per heavy atom. The first kappa shape index (κ1) is 16.1. The average Bonchev–Trinajstić information content (AvgIpc) is 3.12. The highest BCUT2D eigenvalue weighted by molar-refractivity contribution is 5.61. The van der Waals surface area contributed by atoms with Crippen LogP contribution in [0.3, 0.4) is 0 Å². The maximum Gasteiger partial charge on any atom is 0.235 e. The number of aryl methyl sites for hydroxylation is 3. The van der Waals surface area contributed by atoms with Crippen molar-refractivity contribution in [2.45, 2.75) is 20.8 Å². The van der Waals surface area contributed by atoms with Crippen molar-refractivity contribution in [2.24, 2.45) is 0 Å². The summed E-state index contributed by atoms with van der Waals surface area (Å²) in [6.07, 6.45) is 5.50. The van der Waals surface area contributed by atoms with Gasteiger partial charge in [-0.15, -0.1) is 0 Å². The van der Waals surface area contributed by atoms with E-state index in [-0.39, 0.29) is 0 Å². The number of hydrogen-bond donors (Lipinski definition) is 0. The van der Waals surface area contributed by atoms with E-state index in [4.69, 9.17) is 4.98 Å². The lowest BCUT2D eigenvalue weighted by atomic mass is 10.1. The van der Waals surface area contributed by atoms with Crippen molar-refractivity contribution >= 4 is 0 Å². The fraction of sp³-hybridized carbons (Fsp3) is 0.143. The van der Waals surface area contributed by atoms with Gasteiger partial charge in [0.15, 0.2) is 0 Å². The first-order valence-electron chi connectivity index (χ1n) is 8.48. The van der Waals surface area contributed by atoms with Gasteiger partial charge in [-0.2, -0.15) is 0 Å². The number of imidazole rings is 1. The molecule has 0 aliphatic carbocycles. The Morgan fingerprint density at radius 1 is 0.731 bits per heavy atom. The number of benzene rings is 1. The minimum atomic E-state index is 0.611. The molecule has 0 amide bonds. The third kappa shape index (κ3) is 3.24. The van der Waals surface area contributed by atoms with Crippen LogP contribution in [0.5, 0.6) is 0 Å². The summed E-state index contributed by atoms with van der Waals surface area (Å²) >= 11 is 0. The normalized spacial score (nSPS) is 10.9. The summed E-state index contributed by atoms with van der Waals surface area (Å²) in [7, 11) is 0. The van der Waals surface area contributed by atoms with Crippen LogP contribution in [0.25, 0.3) is 28.5 Å². The molecule has 0 bridgehead atoms. The summed E-state index contributed by atoms with van der Waals surface area (Å²) in [5, 5.41) is 0. The molecule has 3 heterocycles. The minimum absolute atomic E-state index is 0.611. The zero-order chi connectivity index (χ0) is 18.1. The van der Waals surface area contributed by atoms with Gasteiger partial charge < -0.3 is 0 Å². The third-order valence-electron chi connectivity index (χ3n) is 4.21. The first-order chi connectivity index (χ1) is 12.6. The van der Waals surface area contributed by atoms with Gasteiger partial charge in [-0.25, -0.2) is 15.0 Å². The Hall–Kier alpha value is -3.34. The number of rotatable bonds is 3. The highest BCUT2D eigenvalue weighted by Gasteiger charge is 2.09. The lowest BCUT2D eigenvalue weighted by Gasteiger charge is -2.07. The molecule has 26 heavy (non-hydrogen) atoms. The average molecular weight is 341 g/mol. The molecule has 0 aliphatic heterocycles. The minimum Gasteiger partial charge on any atom is -0.274 e. The second kappa shape index (κ2) is 6.52. The standard InChI is InChI=1S/C21H19N5/c1-14-4-7-17(8-5-14)19-10-16(3)24-21(25-19)26-12-20(23-13-26)18-9-6-15(2)22-11-18/h4-13H,1-3H3. The van der Waals surface area contributed by atoms with E-state index in [2.05, 4.69) is 46.1 Å². The van der Waals surface area contributed by atoms with Crippen LogP contribution >= 0.6 is 0 Å². The molecule has 1 aromatic carbocycles. The largest absolute Gasteiger partial charge is 0.274 e. The lowest BCUT2D eigenvalue weighted by molar-refractivity contribution is 0.912. The van der Waals surface area contributed by atoms with Crippen LogP contribution in [0.15, 0.2) is 61.2 Å². The number of hydrogen-bond acceptors (Lipinski definition) is 4. The van der Waals surface area contributed by atoms with E-state index in [9.17, 15) is 0 Å². The highest BCUT2D eigenvalue weighted by atomic mass is 15.2. The molecular formula is C21H19N5. The van der Waals surface area contributed by atoms with Crippen LogP contribution in [-0.2, 0) is 0 Å². The van der Waals surface area contributed by atoms with E-state index in [1.165, 1.54) is 5.56 Å². The van der Waals surface area contributed by atoms with E-state index in [0.29, 0.717) is 5.95 Å². The van der Waals surface area contributed by atoms with Crippen LogP contribution in [0, 0.1) is 20.8 Å².